The van der Waals surface area contributed by atoms with E-state index < -0.39 is 18.1 Å². The minimum Gasteiger partial charge on any atom is -0.463 e. The Hall–Kier alpha value is -2.18. The van der Waals surface area contributed by atoms with Crippen LogP contribution in [0.15, 0.2) is 24.3 Å². The van der Waals surface area contributed by atoms with Gasteiger partial charge in [-0.05, 0) is 30.7 Å². The van der Waals surface area contributed by atoms with Gasteiger partial charge in [-0.3, -0.25) is 0 Å². The fourth-order valence-electron chi connectivity index (χ4n) is 1.25. The number of nitrogens with two attached hydrogens (primary N) is 1. The summed E-state index contributed by atoms with van der Waals surface area (Å²) < 4.78 is 44.3. The third kappa shape index (κ3) is 5.33. The Morgan fingerprint density at radius 3 is 2.63 bits per heavy atom. The second kappa shape index (κ2) is 6.12. The van der Waals surface area contributed by atoms with Gasteiger partial charge < -0.3 is 15.2 Å². The minimum absolute atomic E-state index is 0.0577. The highest BCUT2D eigenvalue weighted by Gasteiger charge is 2.31. The summed E-state index contributed by atoms with van der Waals surface area (Å²) in [6.07, 6.45) is -2.28. The summed E-state index contributed by atoms with van der Waals surface area (Å²) in [5.41, 5.74) is 6.00. The van der Waals surface area contributed by atoms with Gasteiger partial charge in [0.1, 0.15) is 5.75 Å². The van der Waals surface area contributed by atoms with Gasteiger partial charge >= 0.3 is 12.3 Å². The monoisotopic (exact) mass is 275 g/mol. The number of hydrogen-bond donors (Lipinski definition) is 1. The van der Waals surface area contributed by atoms with E-state index in [0.717, 1.165) is 18.2 Å². The van der Waals surface area contributed by atoms with Gasteiger partial charge in [0.25, 0.3) is 0 Å². The van der Waals surface area contributed by atoms with E-state index in [-0.39, 0.29) is 12.3 Å². The minimum atomic E-state index is -4.77. The molecule has 1 rings (SSSR count). The molecule has 0 unspecified atom stereocenters. The molecule has 0 atom stereocenters. The first kappa shape index (κ1) is 14.9. The molecule has 0 amide bonds. The molecular formula is C12H12F3NO3. The SMILES string of the molecule is CCOC(=O)C=Cc1ccc(OC(F)(F)F)cc1N. The van der Waals surface area contributed by atoms with E-state index in [0.29, 0.717) is 5.56 Å². The Kier molecular flexibility index (Phi) is 4.80. The van der Waals surface area contributed by atoms with E-state index in [1.54, 1.807) is 6.92 Å². The molecule has 2 N–H and O–H groups in total. The fraction of sp³-hybridized carbons (Fsp3) is 0.250. The lowest BCUT2D eigenvalue weighted by molar-refractivity contribution is -0.274. The molecule has 0 bridgehead atoms. The molecule has 0 saturated heterocycles. The van der Waals surface area contributed by atoms with Crippen LogP contribution in [-0.2, 0) is 9.53 Å². The van der Waals surface area contributed by atoms with Gasteiger partial charge in [0.05, 0.1) is 6.61 Å². The number of benzene rings is 1. The van der Waals surface area contributed by atoms with Crippen LogP contribution >= 0.6 is 0 Å². The summed E-state index contributed by atoms with van der Waals surface area (Å²) in [5.74, 6) is -0.976. The molecule has 7 heteroatoms. The van der Waals surface area contributed by atoms with Crippen LogP contribution < -0.4 is 10.5 Å². The maximum absolute atomic E-state index is 12.0. The lowest BCUT2D eigenvalue weighted by Gasteiger charge is -2.10. The first-order chi connectivity index (χ1) is 8.81. The average Bonchev–Trinajstić information content (AvgIpc) is 2.26. The molecule has 0 aliphatic heterocycles. The largest absolute Gasteiger partial charge is 0.573 e. The molecule has 104 valence electrons. The van der Waals surface area contributed by atoms with Crippen LogP contribution in [0.2, 0.25) is 0 Å². The first-order valence-corrected chi connectivity index (χ1v) is 5.32. The standard InChI is InChI=1S/C12H12F3NO3/c1-2-18-11(17)6-4-8-3-5-9(7-10(8)16)19-12(13,14)15/h3-7H,2,16H2,1H3. The van der Waals surface area contributed by atoms with E-state index in [2.05, 4.69) is 9.47 Å². The third-order valence-electron chi connectivity index (χ3n) is 1.98. The van der Waals surface area contributed by atoms with Crippen LogP contribution in [0.3, 0.4) is 0 Å². The number of esters is 1. The molecule has 0 aliphatic carbocycles. The topological polar surface area (TPSA) is 61.5 Å². The number of nitrogen functional groups attached to an aromatic ring is 1. The molecule has 1 aromatic carbocycles. The molecule has 0 aliphatic rings. The van der Waals surface area contributed by atoms with Crippen molar-refractivity contribution in [2.45, 2.75) is 13.3 Å². The van der Waals surface area contributed by atoms with Crippen molar-refractivity contribution in [2.24, 2.45) is 0 Å². The Morgan fingerprint density at radius 2 is 2.11 bits per heavy atom. The van der Waals surface area contributed by atoms with Crippen molar-refractivity contribution in [1.82, 2.24) is 0 Å². The van der Waals surface area contributed by atoms with E-state index in [4.69, 9.17) is 5.73 Å². The van der Waals surface area contributed by atoms with Crippen molar-refractivity contribution < 1.29 is 27.4 Å². The van der Waals surface area contributed by atoms with E-state index in [1.165, 1.54) is 12.1 Å². The molecule has 0 fully saturated rings. The number of ether oxygens (including phenoxy) is 2. The smallest absolute Gasteiger partial charge is 0.463 e. The van der Waals surface area contributed by atoms with Crippen molar-refractivity contribution >= 4 is 17.7 Å². The molecule has 0 heterocycles. The highest BCUT2D eigenvalue weighted by Crippen LogP contribution is 2.26. The van der Waals surface area contributed by atoms with Gasteiger partial charge in [-0.2, -0.15) is 0 Å². The molecule has 0 radical (unpaired) electrons. The maximum Gasteiger partial charge on any atom is 0.573 e. The van der Waals surface area contributed by atoms with Crippen LogP contribution in [0.1, 0.15) is 12.5 Å². The Morgan fingerprint density at radius 1 is 1.42 bits per heavy atom. The fourth-order valence-corrected chi connectivity index (χ4v) is 1.25. The van der Waals surface area contributed by atoms with Crippen LogP contribution in [0.4, 0.5) is 18.9 Å². The number of alkyl halides is 3. The zero-order valence-corrected chi connectivity index (χ0v) is 10.0. The van der Waals surface area contributed by atoms with Crippen molar-refractivity contribution in [3.05, 3.63) is 29.8 Å². The summed E-state index contributed by atoms with van der Waals surface area (Å²) in [6.45, 7) is 1.89. The van der Waals surface area contributed by atoms with Gasteiger partial charge in [-0.15, -0.1) is 13.2 Å². The van der Waals surface area contributed by atoms with Crippen molar-refractivity contribution in [3.63, 3.8) is 0 Å². The summed E-state index contributed by atoms with van der Waals surface area (Å²) in [6, 6.07) is 3.44. The number of rotatable bonds is 4. The molecule has 0 spiro atoms. The van der Waals surface area contributed by atoms with E-state index in [1.807, 2.05) is 0 Å². The second-order valence-corrected chi connectivity index (χ2v) is 3.42. The zero-order valence-electron chi connectivity index (χ0n) is 10.0. The van der Waals surface area contributed by atoms with Gasteiger partial charge in [0, 0.05) is 17.8 Å². The molecular weight excluding hydrogens is 263 g/mol. The molecule has 0 aromatic heterocycles. The summed E-state index contributed by atoms with van der Waals surface area (Å²) >= 11 is 0. The summed E-state index contributed by atoms with van der Waals surface area (Å²) in [7, 11) is 0. The second-order valence-electron chi connectivity index (χ2n) is 3.42. The summed E-state index contributed by atoms with van der Waals surface area (Å²) in [4.78, 5) is 11.1. The number of hydrogen-bond acceptors (Lipinski definition) is 4. The number of carbonyl (C=O) groups is 1. The number of anilines is 1. The van der Waals surface area contributed by atoms with Gasteiger partial charge in [-0.1, -0.05) is 0 Å². The van der Waals surface area contributed by atoms with Gasteiger partial charge in [-0.25, -0.2) is 4.79 Å². The quantitative estimate of drug-likeness (QED) is 0.521. The predicted molar refractivity (Wildman–Crippen MR) is 63.2 cm³/mol. The third-order valence-corrected chi connectivity index (χ3v) is 1.98. The lowest BCUT2D eigenvalue weighted by Crippen LogP contribution is -2.17. The van der Waals surface area contributed by atoms with Crippen LogP contribution in [0, 0.1) is 0 Å². The molecule has 0 saturated carbocycles. The average molecular weight is 275 g/mol. The van der Waals surface area contributed by atoms with Gasteiger partial charge in [0.15, 0.2) is 0 Å². The predicted octanol–water partition coefficient (Wildman–Crippen LogP) is 2.74. The van der Waals surface area contributed by atoms with E-state index >= 15 is 0 Å². The van der Waals surface area contributed by atoms with Crippen LogP contribution in [0.5, 0.6) is 5.75 Å². The van der Waals surface area contributed by atoms with E-state index in [9.17, 15) is 18.0 Å². The molecule has 1 aromatic rings. The van der Waals surface area contributed by atoms with Crippen LogP contribution in [-0.4, -0.2) is 18.9 Å². The highest BCUT2D eigenvalue weighted by atomic mass is 19.4. The highest BCUT2D eigenvalue weighted by molar-refractivity contribution is 5.88. The number of carbonyl (C=O) groups excluding carboxylic acids is 1. The van der Waals surface area contributed by atoms with Crippen LogP contribution in [0.25, 0.3) is 6.08 Å². The maximum atomic E-state index is 12.0. The normalized spacial score (nSPS) is 11.6. The Bertz CT molecular complexity index is 484. The van der Waals surface area contributed by atoms with Crippen molar-refractivity contribution in [2.75, 3.05) is 12.3 Å². The Balaban J connectivity index is 2.80. The first-order valence-electron chi connectivity index (χ1n) is 5.32. The number of halogens is 3. The van der Waals surface area contributed by atoms with Crippen molar-refractivity contribution in [1.29, 1.82) is 0 Å². The molecule has 4 nitrogen and oxygen atoms in total. The van der Waals surface area contributed by atoms with Crippen molar-refractivity contribution in [3.8, 4) is 5.75 Å². The lowest BCUT2D eigenvalue weighted by atomic mass is 10.1. The van der Waals surface area contributed by atoms with Gasteiger partial charge in [0.2, 0.25) is 0 Å². The zero-order chi connectivity index (χ0) is 14.5. The summed E-state index contributed by atoms with van der Waals surface area (Å²) in [5, 5.41) is 0. The Labute approximate surface area is 107 Å². The molecule has 19 heavy (non-hydrogen) atoms.